The molecule has 1 aliphatic rings. The summed E-state index contributed by atoms with van der Waals surface area (Å²) in [7, 11) is 0. The Hall–Kier alpha value is -0.900. The van der Waals surface area contributed by atoms with Crippen LogP contribution >= 0.6 is 0 Å². The normalized spacial score (nSPS) is 23.1. The second-order valence-corrected chi connectivity index (χ2v) is 2.03. The Kier molecular flexibility index (Phi) is 2.39. The highest BCUT2D eigenvalue weighted by molar-refractivity contribution is 5.82. The molecule has 1 atom stereocenters. The topological polar surface area (TPSA) is 54.0 Å². The third-order valence-electron chi connectivity index (χ3n) is 1.13. The third kappa shape index (κ3) is 2.59. The van der Waals surface area contributed by atoms with Crippen LogP contribution in [0.2, 0.25) is 0 Å². The number of rotatable bonds is 2. The van der Waals surface area contributed by atoms with Gasteiger partial charge in [-0.3, -0.25) is 0 Å². The van der Waals surface area contributed by atoms with E-state index in [0.29, 0.717) is 6.54 Å². The quantitative estimate of drug-likeness (QED) is 0.442. The molecule has 1 unspecified atom stereocenters. The van der Waals surface area contributed by atoms with E-state index in [-0.39, 0.29) is 12.1 Å². The van der Waals surface area contributed by atoms with Gasteiger partial charge < -0.3 is 10.1 Å². The number of hydrogen-bond donors (Lipinski definition) is 1. The maximum Gasteiger partial charge on any atom is 0.340 e. The first kappa shape index (κ1) is 7.21. The molecule has 0 aromatic heterocycles. The van der Waals surface area contributed by atoms with Crippen LogP contribution in [0.1, 0.15) is 6.92 Å². The number of nitrogens with zero attached hydrogens (tertiary/aromatic N) is 1. The van der Waals surface area contributed by atoms with Gasteiger partial charge in [-0.15, -0.1) is 0 Å². The maximum atomic E-state index is 10.6. The molecule has 4 heteroatoms. The highest BCUT2D eigenvalue weighted by Gasteiger charge is 2.22. The van der Waals surface area contributed by atoms with Crippen molar-refractivity contribution >= 4 is 12.2 Å². The molecule has 1 saturated heterocycles. The Labute approximate surface area is 59.3 Å². The molecular formula is C6H10N2O2. The average molecular weight is 142 g/mol. The van der Waals surface area contributed by atoms with Crippen molar-refractivity contribution < 1.29 is 9.53 Å². The second-order valence-electron chi connectivity index (χ2n) is 2.03. The number of ether oxygens (including phenoxy) is 1. The van der Waals surface area contributed by atoms with E-state index < -0.39 is 0 Å². The van der Waals surface area contributed by atoms with E-state index in [4.69, 9.17) is 4.74 Å². The Morgan fingerprint density at radius 2 is 2.70 bits per heavy atom. The van der Waals surface area contributed by atoms with Gasteiger partial charge in [-0.05, 0) is 6.92 Å². The molecule has 1 rings (SSSR count). The van der Waals surface area contributed by atoms with Gasteiger partial charge in [0, 0.05) is 12.8 Å². The lowest BCUT2D eigenvalue weighted by atomic mass is 10.5. The third-order valence-corrected chi connectivity index (χ3v) is 1.13. The Balaban J connectivity index is 2.05. The molecule has 0 bridgehead atoms. The van der Waals surface area contributed by atoms with Crippen LogP contribution < -0.4 is 5.32 Å². The van der Waals surface area contributed by atoms with Crippen molar-refractivity contribution in [2.45, 2.75) is 13.0 Å². The molecule has 0 radical (unpaired) electrons. The van der Waals surface area contributed by atoms with Crippen LogP contribution in [0.5, 0.6) is 0 Å². The summed E-state index contributed by atoms with van der Waals surface area (Å²) in [6.45, 7) is 3.04. The van der Waals surface area contributed by atoms with Crippen LogP contribution in [0.4, 0.5) is 4.79 Å². The van der Waals surface area contributed by atoms with Crippen LogP contribution in [0.15, 0.2) is 4.99 Å². The van der Waals surface area contributed by atoms with Gasteiger partial charge in [-0.2, -0.15) is 0 Å². The fourth-order valence-corrected chi connectivity index (χ4v) is 0.550. The van der Waals surface area contributed by atoms with Crippen LogP contribution in [-0.2, 0) is 4.74 Å². The molecule has 0 aliphatic carbocycles. The molecule has 1 N–H and O–H groups in total. The number of urea groups is 1. The summed E-state index contributed by atoms with van der Waals surface area (Å²) in [6, 6.07) is -0.294. The van der Waals surface area contributed by atoms with Gasteiger partial charge in [0.1, 0.15) is 0 Å². The van der Waals surface area contributed by atoms with Crippen molar-refractivity contribution in [3.63, 3.8) is 0 Å². The molecule has 2 amide bonds. The van der Waals surface area contributed by atoms with Crippen molar-refractivity contribution in [2.75, 3.05) is 13.2 Å². The van der Waals surface area contributed by atoms with Gasteiger partial charge in [0.2, 0.25) is 0 Å². The first-order valence-electron chi connectivity index (χ1n) is 3.21. The van der Waals surface area contributed by atoms with Gasteiger partial charge in [-0.1, -0.05) is 0 Å². The SMILES string of the molecule is CC=NC(=O)NCC1CO1. The van der Waals surface area contributed by atoms with Crippen molar-refractivity contribution in [3.05, 3.63) is 0 Å². The number of nitrogens with one attached hydrogen (secondary N) is 1. The summed E-state index contributed by atoms with van der Waals surface area (Å²) in [6.07, 6.45) is 1.69. The number of hydrogen-bond acceptors (Lipinski definition) is 2. The summed E-state index contributed by atoms with van der Waals surface area (Å²) >= 11 is 0. The molecule has 4 nitrogen and oxygen atoms in total. The van der Waals surface area contributed by atoms with E-state index in [0.717, 1.165) is 6.61 Å². The monoisotopic (exact) mass is 142 g/mol. The Bertz CT molecular complexity index is 152. The van der Waals surface area contributed by atoms with E-state index in [1.165, 1.54) is 6.21 Å². The number of carbonyl (C=O) groups excluding carboxylic acids is 1. The van der Waals surface area contributed by atoms with Gasteiger partial charge in [0.15, 0.2) is 0 Å². The van der Waals surface area contributed by atoms with Gasteiger partial charge in [-0.25, -0.2) is 9.79 Å². The average Bonchev–Trinajstić information content (AvgIpc) is 2.67. The van der Waals surface area contributed by atoms with Crippen LogP contribution in [0.3, 0.4) is 0 Å². The Morgan fingerprint density at radius 3 is 3.20 bits per heavy atom. The lowest BCUT2D eigenvalue weighted by Crippen LogP contribution is -2.24. The second kappa shape index (κ2) is 3.31. The first-order valence-corrected chi connectivity index (χ1v) is 3.21. The van der Waals surface area contributed by atoms with Gasteiger partial charge >= 0.3 is 6.03 Å². The summed E-state index contributed by atoms with van der Waals surface area (Å²) in [5, 5.41) is 2.58. The largest absolute Gasteiger partial charge is 0.371 e. The number of carbonyl (C=O) groups is 1. The lowest BCUT2D eigenvalue weighted by Gasteiger charge is -1.94. The molecular weight excluding hydrogens is 132 g/mol. The zero-order valence-corrected chi connectivity index (χ0v) is 5.83. The first-order chi connectivity index (χ1) is 4.83. The lowest BCUT2D eigenvalue weighted by molar-refractivity contribution is 0.248. The van der Waals surface area contributed by atoms with Crippen LogP contribution in [0, 0.1) is 0 Å². The fraction of sp³-hybridized carbons (Fsp3) is 0.667. The number of aliphatic imine (C=N–C) groups is 1. The van der Waals surface area contributed by atoms with E-state index >= 15 is 0 Å². The number of epoxide rings is 1. The van der Waals surface area contributed by atoms with Gasteiger partial charge in [0.05, 0.1) is 12.7 Å². The zero-order chi connectivity index (χ0) is 7.40. The smallest absolute Gasteiger partial charge is 0.340 e. The minimum atomic E-state index is -0.294. The molecule has 0 saturated carbocycles. The Morgan fingerprint density at radius 1 is 2.00 bits per heavy atom. The van der Waals surface area contributed by atoms with Crippen molar-refractivity contribution in [1.29, 1.82) is 0 Å². The van der Waals surface area contributed by atoms with E-state index in [2.05, 4.69) is 10.3 Å². The fourth-order valence-electron chi connectivity index (χ4n) is 0.550. The molecule has 0 spiro atoms. The van der Waals surface area contributed by atoms with Crippen LogP contribution in [-0.4, -0.2) is 31.5 Å². The predicted molar refractivity (Wildman–Crippen MR) is 37.3 cm³/mol. The summed E-state index contributed by atoms with van der Waals surface area (Å²) < 4.78 is 4.87. The highest BCUT2D eigenvalue weighted by atomic mass is 16.6. The van der Waals surface area contributed by atoms with E-state index in [9.17, 15) is 4.79 Å². The van der Waals surface area contributed by atoms with Crippen molar-refractivity contribution in [1.82, 2.24) is 5.32 Å². The highest BCUT2D eigenvalue weighted by Crippen LogP contribution is 2.05. The molecule has 10 heavy (non-hydrogen) atoms. The molecule has 1 heterocycles. The molecule has 0 aromatic carbocycles. The van der Waals surface area contributed by atoms with Crippen LogP contribution in [0.25, 0.3) is 0 Å². The van der Waals surface area contributed by atoms with Crippen molar-refractivity contribution in [3.8, 4) is 0 Å². The summed E-state index contributed by atoms with van der Waals surface area (Å²) in [5.74, 6) is 0. The molecule has 1 aliphatic heterocycles. The van der Waals surface area contributed by atoms with Crippen molar-refractivity contribution in [2.24, 2.45) is 4.99 Å². The molecule has 1 fully saturated rings. The van der Waals surface area contributed by atoms with Gasteiger partial charge in [0.25, 0.3) is 0 Å². The number of amides is 2. The minimum absolute atomic E-state index is 0.232. The van der Waals surface area contributed by atoms with E-state index in [1.807, 2.05) is 0 Å². The standard InChI is InChI=1S/C6H10N2O2/c1-2-7-6(9)8-3-5-4-10-5/h2,5H,3-4H2,1H3,(H,8,9). The van der Waals surface area contributed by atoms with E-state index in [1.54, 1.807) is 6.92 Å². The minimum Gasteiger partial charge on any atom is -0.371 e. The summed E-state index contributed by atoms with van der Waals surface area (Å²) in [5.41, 5.74) is 0. The summed E-state index contributed by atoms with van der Waals surface area (Å²) in [4.78, 5) is 14.1. The molecule has 0 aromatic rings. The zero-order valence-electron chi connectivity index (χ0n) is 5.83. The molecule has 56 valence electrons. The maximum absolute atomic E-state index is 10.6. The predicted octanol–water partition coefficient (Wildman–Crippen LogP) is 0.186.